The lowest BCUT2D eigenvalue weighted by atomic mass is 10.3. The summed E-state index contributed by atoms with van der Waals surface area (Å²) in [4.78, 5) is 19.9. The molecule has 0 aliphatic heterocycles. The Morgan fingerprint density at radius 1 is 1.50 bits per heavy atom. The van der Waals surface area contributed by atoms with Crippen LogP contribution in [0.4, 0.5) is 0 Å². The Bertz CT molecular complexity index is 554. The molecule has 2 aromatic rings. The van der Waals surface area contributed by atoms with Gasteiger partial charge in [0, 0.05) is 6.42 Å². The van der Waals surface area contributed by atoms with E-state index < -0.39 is 0 Å². The second kappa shape index (κ2) is 5.77. The third-order valence-electron chi connectivity index (χ3n) is 2.30. The van der Waals surface area contributed by atoms with E-state index in [0.717, 1.165) is 12.2 Å². The van der Waals surface area contributed by atoms with Crippen molar-refractivity contribution in [1.29, 1.82) is 0 Å². The minimum atomic E-state index is -0.257. The molecule has 0 radical (unpaired) electrons. The Balaban J connectivity index is 1.96. The average molecular weight is 310 g/mol. The van der Waals surface area contributed by atoms with Gasteiger partial charge in [0.2, 0.25) is 5.89 Å². The van der Waals surface area contributed by atoms with Crippen LogP contribution in [-0.4, -0.2) is 15.9 Å². The molecule has 0 saturated carbocycles. The molecule has 0 aliphatic rings. The van der Waals surface area contributed by atoms with Crippen molar-refractivity contribution in [2.75, 3.05) is 0 Å². The second-order valence-electron chi connectivity index (χ2n) is 3.60. The zero-order valence-corrected chi connectivity index (χ0v) is 11.4. The van der Waals surface area contributed by atoms with Crippen molar-refractivity contribution in [1.82, 2.24) is 15.3 Å². The fourth-order valence-electron chi connectivity index (χ4n) is 1.37. The molecule has 0 spiro atoms. The molecule has 0 unspecified atom stereocenters. The molecule has 1 N–H and O–H groups in total. The SMILES string of the molecule is CCc1cnc(CNC(=O)c2cccc(Br)n2)o1. The Labute approximate surface area is 113 Å². The van der Waals surface area contributed by atoms with Gasteiger partial charge in [-0.25, -0.2) is 9.97 Å². The van der Waals surface area contributed by atoms with Crippen molar-refractivity contribution in [2.24, 2.45) is 0 Å². The summed E-state index contributed by atoms with van der Waals surface area (Å²) in [6.45, 7) is 2.24. The Morgan fingerprint density at radius 2 is 2.33 bits per heavy atom. The number of carbonyl (C=O) groups is 1. The van der Waals surface area contributed by atoms with Gasteiger partial charge in [-0.15, -0.1) is 0 Å². The third kappa shape index (κ3) is 3.16. The van der Waals surface area contributed by atoms with E-state index >= 15 is 0 Å². The van der Waals surface area contributed by atoms with Crippen LogP contribution < -0.4 is 5.32 Å². The quantitative estimate of drug-likeness (QED) is 0.880. The van der Waals surface area contributed by atoms with E-state index in [-0.39, 0.29) is 12.5 Å². The number of nitrogens with one attached hydrogen (secondary N) is 1. The molecule has 0 saturated heterocycles. The lowest BCUT2D eigenvalue weighted by Gasteiger charge is -2.02. The molecular formula is C12H12BrN3O2. The molecule has 0 atom stereocenters. The van der Waals surface area contributed by atoms with E-state index in [9.17, 15) is 4.79 Å². The van der Waals surface area contributed by atoms with Crippen molar-refractivity contribution in [2.45, 2.75) is 19.9 Å². The summed E-state index contributed by atoms with van der Waals surface area (Å²) in [7, 11) is 0. The summed E-state index contributed by atoms with van der Waals surface area (Å²) in [6.07, 6.45) is 2.45. The van der Waals surface area contributed by atoms with E-state index in [1.54, 1.807) is 24.4 Å². The predicted molar refractivity (Wildman–Crippen MR) is 69.0 cm³/mol. The largest absolute Gasteiger partial charge is 0.444 e. The highest BCUT2D eigenvalue weighted by Crippen LogP contribution is 2.07. The number of aryl methyl sites for hydroxylation is 1. The van der Waals surface area contributed by atoms with Gasteiger partial charge in [0.1, 0.15) is 16.1 Å². The Morgan fingerprint density at radius 3 is 3.00 bits per heavy atom. The van der Waals surface area contributed by atoms with Gasteiger partial charge in [-0.3, -0.25) is 4.79 Å². The number of hydrogen-bond acceptors (Lipinski definition) is 4. The van der Waals surface area contributed by atoms with Crippen LogP contribution in [0, 0.1) is 0 Å². The molecule has 18 heavy (non-hydrogen) atoms. The number of oxazole rings is 1. The van der Waals surface area contributed by atoms with Gasteiger partial charge in [-0.2, -0.15) is 0 Å². The maximum atomic E-state index is 11.8. The maximum Gasteiger partial charge on any atom is 0.270 e. The molecule has 0 aliphatic carbocycles. The van der Waals surface area contributed by atoms with E-state index in [1.165, 1.54) is 0 Å². The smallest absolute Gasteiger partial charge is 0.270 e. The first kappa shape index (κ1) is 12.8. The van der Waals surface area contributed by atoms with Crippen LogP contribution in [0.2, 0.25) is 0 Å². The highest BCUT2D eigenvalue weighted by Gasteiger charge is 2.09. The van der Waals surface area contributed by atoms with E-state index in [4.69, 9.17) is 4.42 Å². The molecule has 0 fully saturated rings. The topological polar surface area (TPSA) is 68.0 Å². The lowest BCUT2D eigenvalue weighted by molar-refractivity contribution is 0.0942. The fraction of sp³-hybridized carbons (Fsp3) is 0.250. The van der Waals surface area contributed by atoms with Gasteiger partial charge in [-0.05, 0) is 28.1 Å². The minimum Gasteiger partial charge on any atom is -0.444 e. The molecule has 1 amide bonds. The average Bonchev–Trinajstić information content (AvgIpc) is 2.84. The van der Waals surface area contributed by atoms with Crippen LogP contribution in [0.3, 0.4) is 0 Å². The van der Waals surface area contributed by atoms with Gasteiger partial charge in [0.05, 0.1) is 12.7 Å². The maximum absolute atomic E-state index is 11.8. The molecule has 2 rings (SSSR count). The third-order valence-corrected chi connectivity index (χ3v) is 2.74. The van der Waals surface area contributed by atoms with Gasteiger partial charge < -0.3 is 9.73 Å². The van der Waals surface area contributed by atoms with Crippen LogP contribution in [0.5, 0.6) is 0 Å². The predicted octanol–water partition coefficient (Wildman–Crippen LogP) is 2.32. The molecule has 94 valence electrons. The van der Waals surface area contributed by atoms with Crippen LogP contribution in [0.1, 0.15) is 29.1 Å². The molecule has 6 heteroatoms. The van der Waals surface area contributed by atoms with Crippen LogP contribution in [-0.2, 0) is 13.0 Å². The molecule has 2 aromatic heterocycles. The molecule has 2 heterocycles. The van der Waals surface area contributed by atoms with E-state index in [1.807, 2.05) is 6.92 Å². The summed E-state index contributed by atoms with van der Waals surface area (Å²) in [5, 5.41) is 2.70. The summed E-state index contributed by atoms with van der Waals surface area (Å²) in [5.41, 5.74) is 0.353. The molecule has 5 nitrogen and oxygen atoms in total. The van der Waals surface area contributed by atoms with Gasteiger partial charge >= 0.3 is 0 Å². The van der Waals surface area contributed by atoms with Crippen LogP contribution in [0.25, 0.3) is 0 Å². The Hall–Kier alpha value is -1.69. The first-order valence-corrected chi connectivity index (χ1v) is 6.32. The number of halogens is 1. The highest BCUT2D eigenvalue weighted by atomic mass is 79.9. The van der Waals surface area contributed by atoms with E-state index in [2.05, 4.69) is 31.2 Å². The number of carbonyl (C=O) groups excluding carboxylic acids is 1. The number of pyridine rings is 1. The van der Waals surface area contributed by atoms with Crippen molar-refractivity contribution < 1.29 is 9.21 Å². The number of nitrogens with zero attached hydrogens (tertiary/aromatic N) is 2. The van der Waals surface area contributed by atoms with Crippen LogP contribution in [0.15, 0.2) is 33.4 Å². The first-order valence-electron chi connectivity index (χ1n) is 5.53. The number of aromatic nitrogens is 2. The number of hydrogen-bond donors (Lipinski definition) is 1. The molecule has 0 aromatic carbocycles. The lowest BCUT2D eigenvalue weighted by Crippen LogP contribution is -2.23. The zero-order valence-electron chi connectivity index (χ0n) is 9.81. The van der Waals surface area contributed by atoms with Crippen molar-refractivity contribution in [3.05, 3.63) is 46.3 Å². The number of rotatable bonds is 4. The van der Waals surface area contributed by atoms with E-state index in [0.29, 0.717) is 16.2 Å². The first-order chi connectivity index (χ1) is 8.69. The van der Waals surface area contributed by atoms with Crippen LogP contribution >= 0.6 is 15.9 Å². The monoisotopic (exact) mass is 309 g/mol. The summed E-state index contributed by atoms with van der Waals surface area (Å²) >= 11 is 3.22. The zero-order chi connectivity index (χ0) is 13.0. The van der Waals surface area contributed by atoms with Crippen molar-refractivity contribution in [3.8, 4) is 0 Å². The number of amides is 1. The molecular weight excluding hydrogens is 298 g/mol. The van der Waals surface area contributed by atoms with Crippen molar-refractivity contribution in [3.63, 3.8) is 0 Å². The standard InChI is InChI=1S/C12H12BrN3O2/c1-2-8-6-14-11(18-8)7-15-12(17)9-4-3-5-10(13)16-9/h3-6H,2,7H2,1H3,(H,15,17). The minimum absolute atomic E-state index is 0.257. The van der Waals surface area contributed by atoms with Gasteiger partial charge in [0.25, 0.3) is 5.91 Å². The highest BCUT2D eigenvalue weighted by molar-refractivity contribution is 9.10. The normalized spacial score (nSPS) is 10.3. The summed E-state index contributed by atoms with van der Waals surface area (Å²) in [6, 6.07) is 5.16. The second-order valence-corrected chi connectivity index (χ2v) is 4.41. The summed E-state index contributed by atoms with van der Waals surface area (Å²) < 4.78 is 6.01. The van der Waals surface area contributed by atoms with Crippen molar-refractivity contribution >= 4 is 21.8 Å². The molecule has 0 bridgehead atoms. The van der Waals surface area contributed by atoms with Gasteiger partial charge in [0.15, 0.2) is 0 Å². The Kier molecular flexibility index (Phi) is 4.09. The summed E-state index contributed by atoms with van der Waals surface area (Å²) in [5.74, 6) is 1.04. The van der Waals surface area contributed by atoms with Gasteiger partial charge in [-0.1, -0.05) is 13.0 Å². The fourth-order valence-corrected chi connectivity index (χ4v) is 1.72.